The fourth-order valence-electron chi connectivity index (χ4n) is 2.04. The van der Waals surface area contributed by atoms with Crippen molar-refractivity contribution in [3.63, 3.8) is 0 Å². The summed E-state index contributed by atoms with van der Waals surface area (Å²) in [6.07, 6.45) is 7.98. The number of aliphatic hydroxyl groups is 1. The monoisotopic (exact) mass is 240 g/mol. The van der Waals surface area contributed by atoms with Crippen molar-refractivity contribution in [2.75, 3.05) is 7.11 Å². The van der Waals surface area contributed by atoms with Crippen LogP contribution in [0.3, 0.4) is 0 Å². The number of rotatable bonds is 8. The lowest BCUT2D eigenvalue weighted by Gasteiger charge is -2.12. The van der Waals surface area contributed by atoms with Gasteiger partial charge in [0.25, 0.3) is 0 Å². The number of aryl methyl sites for hydroxylation is 1. The van der Waals surface area contributed by atoms with Gasteiger partial charge in [0, 0.05) is 7.05 Å². The van der Waals surface area contributed by atoms with Crippen molar-refractivity contribution in [3.05, 3.63) is 11.9 Å². The van der Waals surface area contributed by atoms with Crippen molar-refractivity contribution in [2.45, 2.75) is 51.6 Å². The molecule has 4 heteroatoms. The Labute approximate surface area is 104 Å². The molecule has 1 atom stereocenters. The number of hydrogen-bond acceptors (Lipinski definition) is 3. The minimum Gasteiger partial charge on any atom is -0.493 e. The molecule has 0 aliphatic rings. The molecule has 0 amide bonds. The van der Waals surface area contributed by atoms with E-state index in [2.05, 4.69) is 12.0 Å². The first-order chi connectivity index (χ1) is 8.20. The van der Waals surface area contributed by atoms with Crippen LogP contribution in [0.5, 0.6) is 5.75 Å². The molecule has 1 rings (SSSR count). The first-order valence-corrected chi connectivity index (χ1v) is 6.44. The zero-order valence-corrected chi connectivity index (χ0v) is 11.1. The van der Waals surface area contributed by atoms with Gasteiger partial charge in [-0.3, -0.25) is 4.68 Å². The number of aromatic nitrogens is 2. The number of methoxy groups -OCH3 is 1. The molecule has 0 radical (unpaired) electrons. The SMILES string of the molecule is CCCCCCCC(O)c1c(OC)cnn1C. The Kier molecular flexibility index (Phi) is 6.05. The van der Waals surface area contributed by atoms with E-state index in [-0.39, 0.29) is 0 Å². The third kappa shape index (κ3) is 4.04. The molecule has 0 aromatic carbocycles. The molecule has 1 unspecified atom stereocenters. The van der Waals surface area contributed by atoms with E-state index in [0.717, 1.165) is 18.5 Å². The topological polar surface area (TPSA) is 47.3 Å². The lowest BCUT2D eigenvalue weighted by Crippen LogP contribution is -2.06. The predicted octanol–water partition coefficient (Wildman–Crippen LogP) is 2.82. The van der Waals surface area contributed by atoms with Gasteiger partial charge in [0.2, 0.25) is 0 Å². The second kappa shape index (κ2) is 7.33. The summed E-state index contributed by atoms with van der Waals surface area (Å²) in [4.78, 5) is 0. The van der Waals surface area contributed by atoms with E-state index in [1.54, 1.807) is 18.0 Å². The van der Waals surface area contributed by atoms with Crippen molar-refractivity contribution in [1.82, 2.24) is 9.78 Å². The van der Waals surface area contributed by atoms with Gasteiger partial charge in [-0.2, -0.15) is 5.10 Å². The summed E-state index contributed by atoms with van der Waals surface area (Å²) in [6.45, 7) is 2.20. The molecule has 0 spiro atoms. The lowest BCUT2D eigenvalue weighted by molar-refractivity contribution is 0.150. The fourth-order valence-corrected chi connectivity index (χ4v) is 2.04. The highest BCUT2D eigenvalue weighted by molar-refractivity contribution is 5.26. The molecule has 1 N–H and O–H groups in total. The quantitative estimate of drug-likeness (QED) is 0.711. The summed E-state index contributed by atoms with van der Waals surface area (Å²) in [5.74, 6) is 0.675. The van der Waals surface area contributed by atoms with Gasteiger partial charge in [-0.15, -0.1) is 0 Å². The normalized spacial score (nSPS) is 12.7. The number of aliphatic hydroxyl groups excluding tert-OH is 1. The third-order valence-electron chi connectivity index (χ3n) is 3.07. The van der Waals surface area contributed by atoms with Crippen LogP contribution in [-0.4, -0.2) is 22.0 Å². The molecule has 0 fully saturated rings. The Morgan fingerprint density at radius 2 is 2.06 bits per heavy atom. The third-order valence-corrected chi connectivity index (χ3v) is 3.07. The van der Waals surface area contributed by atoms with Gasteiger partial charge in [-0.05, 0) is 6.42 Å². The van der Waals surface area contributed by atoms with Crippen LogP contribution in [0.4, 0.5) is 0 Å². The molecular formula is C13H24N2O2. The summed E-state index contributed by atoms with van der Waals surface area (Å²) in [6, 6.07) is 0. The van der Waals surface area contributed by atoms with E-state index in [0.29, 0.717) is 5.75 Å². The highest BCUT2D eigenvalue weighted by atomic mass is 16.5. The van der Waals surface area contributed by atoms with Gasteiger partial charge in [0.05, 0.1) is 19.4 Å². The molecule has 1 aromatic rings. The molecule has 0 bridgehead atoms. The number of nitrogens with zero attached hydrogens (tertiary/aromatic N) is 2. The molecule has 4 nitrogen and oxygen atoms in total. The summed E-state index contributed by atoms with van der Waals surface area (Å²) in [5, 5.41) is 14.2. The number of ether oxygens (including phenoxy) is 1. The summed E-state index contributed by atoms with van der Waals surface area (Å²) < 4.78 is 6.88. The highest BCUT2D eigenvalue weighted by Gasteiger charge is 2.17. The van der Waals surface area contributed by atoms with Crippen LogP contribution >= 0.6 is 0 Å². The van der Waals surface area contributed by atoms with Crippen molar-refractivity contribution in [3.8, 4) is 5.75 Å². The van der Waals surface area contributed by atoms with Crippen LogP contribution in [-0.2, 0) is 7.05 Å². The first kappa shape index (κ1) is 14.0. The van der Waals surface area contributed by atoms with Crippen LogP contribution < -0.4 is 4.74 Å². The van der Waals surface area contributed by atoms with Crippen molar-refractivity contribution < 1.29 is 9.84 Å². The Bertz CT molecular complexity index is 323. The maximum atomic E-state index is 10.1. The molecule has 0 saturated heterocycles. The average Bonchev–Trinajstić information content (AvgIpc) is 2.70. The van der Waals surface area contributed by atoms with E-state index in [1.807, 2.05) is 7.05 Å². The molecule has 0 aliphatic carbocycles. The van der Waals surface area contributed by atoms with Crippen LogP contribution in [0.1, 0.15) is 57.2 Å². The Balaban J connectivity index is 2.40. The van der Waals surface area contributed by atoms with Gasteiger partial charge in [0.1, 0.15) is 5.69 Å². The Hall–Kier alpha value is -1.03. The number of hydrogen-bond donors (Lipinski definition) is 1. The van der Waals surface area contributed by atoms with E-state index in [9.17, 15) is 5.11 Å². The van der Waals surface area contributed by atoms with E-state index >= 15 is 0 Å². The zero-order chi connectivity index (χ0) is 12.7. The predicted molar refractivity (Wildman–Crippen MR) is 68.1 cm³/mol. The summed E-state index contributed by atoms with van der Waals surface area (Å²) >= 11 is 0. The highest BCUT2D eigenvalue weighted by Crippen LogP contribution is 2.27. The van der Waals surface area contributed by atoms with Crippen molar-refractivity contribution in [2.24, 2.45) is 7.05 Å². The van der Waals surface area contributed by atoms with Crippen LogP contribution in [0.15, 0.2) is 6.20 Å². The van der Waals surface area contributed by atoms with Crippen LogP contribution in [0, 0.1) is 0 Å². The van der Waals surface area contributed by atoms with Crippen molar-refractivity contribution >= 4 is 0 Å². The van der Waals surface area contributed by atoms with Gasteiger partial charge >= 0.3 is 0 Å². The molecule has 0 saturated carbocycles. The zero-order valence-electron chi connectivity index (χ0n) is 11.1. The molecule has 1 heterocycles. The standard InChI is InChI=1S/C13H24N2O2/c1-4-5-6-7-8-9-11(16)13-12(17-3)10-14-15(13)2/h10-11,16H,4-9H2,1-3H3. The molecule has 17 heavy (non-hydrogen) atoms. The Morgan fingerprint density at radius 1 is 1.35 bits per heavy atom. The first-order valence-electron chi connectivity index (χ1n) is 6.44. The van der Waals surface area contributed by atoms with E-state index < -0.39 is 6.10 Å². The van der Waals surface area contributed by atoms with Gasteiger partial charge in [0.15, 0.2) is 5.75 Å². The largest absolute Gasteiger partial charge is 0.493 e. The van der Waals surface area contributed by atoms with Crippen LogP contribution in [0.25, 0.3) is 0 Å². The average molecular weight is 240 g/mol. The van der Waals surface area contributed by atoms with E-state index in [4.69, 9.17) is 4.74 Å². The summed E-state index contributed by atoms with van der Waals surface area (Å²) in [5.41, 5.74) is 0.781. The van der Waals surface area contributed by atoms with Gasteiger partial charge in [-0.1, -0.05) is 39.0 Å². The second-order valence-corrected chi connectivity index (χ2v) is 4.44. The molecule has 0 aliphatic heterocycles. The molecule has 1 aromatic heterocycles. The van der Waals surface area contributed by atoms with Crippen molar-refractivity contribution in [1.29, 1.82) is 0 Å². The minimum absolute atomic E-state index is 0.473. The second-order valence-electron chi connectivity index (χ2n) is 4.44. The lowest BCUT2D eigenvalue weighted by atomic mass is 10.1. The minimum atomic E-state index is -0.473. The van der Waals surface area contributed by atoms with E-state index in [1.165, 1.54) is 25.7 Å². The smallest absolute Gasteiger partial charge is 0.162 e. The fraction of sp³-hybridized carbons (Fsp3) is 0.769. The Morgan fingerprint density at radius 3 is 2.71 bits per heavy atom. The molecular weight excluding hydrogens is 216 g/mol. The summed E-state index contributed by atoms with van der Waals surface area (Å²) in [7, 11) is 3.44. The van der Waals surface area contributed by atoms with Crippen LogP contribution in [0.2, 0.25) is 0 Å². The van der Waals surface area contributed by atoms with Gasteiger partial charge < -0.3 is 9.84 Å². The number of unbranched alkanes of at least 4 members (excludes halogenated alkanes) is 4. The van der Waals surface area contributed by atoms with Gasteiger partial charge in [-0.25, -0.2) is 0 Å². The molecule has 98 valence electrons. The maximum Gasteiger partial charge on any atom is 0.162 e. The maximum absolute atomic E-state index is 10.1.